The largest absolute Gasteiger partial charge is 0.437 e. The highest BCUT2D eigenvalue weighted by Gasteiger charge is 2.11. The van der Waals surface area contributed by atoms with E-state index in [1.807, 2.05) is 13.0 Å². The van der Waals surface area contributed by atoms with Gasteiger partial charge in [-0.2, -0.15) is 10.2 Å². The van der Waals surface area contributed by atoms with Crippen molar-refractivity contribution in [2.45, 2.75) is 13.3 Å². The van der Waals surface area contributed by atoms with Gasteiger partial charge in [-0.15, -0.1) is 0 Å². The Balaban J connectivity index is 2.28. The Labute approximate surface area is 133 Å². The fourth-order valence-corrected chi connectivity index (χ4v) is 2.09. The van der Waals surface area contributed by atoms with Crippen LogP contribution in [0.1, 0.15) is 18.9 Å². The summed E-state index contributed by atoms with van der Waals surface area (Å²) in [6, 6.07) is 10.4. The number of nitriles is 1. The van der Waals surface area contributed by atoms with Gasteiger partial charge in [0.15, 0.2) is 0 Å². The Morgan fingerprint density at radius 2 is 2.10 bits per heavy atom. The second-order valence-corrected chi connectivity index (χ2v) is 5.09. The van der Waals surface area contributed by atoms with Crippen LogP contribution in [0.25, 0.3) is 0 Å². The quantitative estimate of drug-likeness (QED) is 0.853. The molecule has 0 radical (unpaired) electrons. The summed E-state index contributed by atoms with van der Waals surface area (Å²) in [7, 11) is 0. The van der Waals surface area contributed by atoms with E-state index < -0.39 is 0 Å². The molecule has 0 atom stereocenters. The lowest BCUT2D eigenvalue weighted by Gasteiger charge is -2.11. The highest BCUT2D eigenvalue weighted by atomic mass is 35.5. The van der Waals surface area contributed by atoms with Gasteiger partial charge in [-0.1, -0.05) is 36.2 Å². The Bertz CT molecular complexity index is 683. The Kier molecular flexibility index (Phi) is 5.26. The number of hydrogen-bond donors (Lipinski definition) is 1. The van der Waals surface area contributed by atoms with Gasteiger partial charge >= 0.3 is 0 Å². The maximum Gasteiger partial charge on any atom is 0.240 e. The standard InChI is InChI=1S/C15H13Cl2N3O/c1-2-6-19-14-12(16)8-13(17)15(20-14)21-11-5-3-4-10(7-11)9-18/h3-5,7-8H,2,6H2,1H3,(H,19,20). The maximum absolute atomic E-state index is 8.89. The average Bonchev–Trinajstić information content (AvgIpc) is 2.49. The molecular weight excluding hydrogens is 309 g/mol. The minimum Gasteiger partial charge on any atom is -0.437 e. The summed E-state index contributed by atoms with van der Waals surface area (Å²) in [6.45, 7) is 2.79. The number of ether oxygens (including phenoxy) is 1. The van der Waals surface area contributed by atoms with Crippen LogP contribution in [-0.4, -0.2) is 11.5 Å². The molecule has 1 aromatic heterocycles. The van der Waals surface area contributed by atoms with E-state index in [0.29, 0.717) is 27.2 Å². The molecule has 0 spiro atoms. The van der Waals surface area contributed by atoms with E-state index in [2.05, 4.69) is 10.3 Å². The van der Waals surface area contributed by atoms with Crippen LogP contribution in [0.4, 0.5) is 5.82 Å². The van der Waals surface area contributed by atoms with E-state index in [9.17, 15) is 0 Å². The van der Waals surface area contributed by atoms with Gasteiger partial charge in [0, 0.05) is 6.54 Å². The van der Waals surface area contributed by atoms with Crippen LogP contribution in [0.2, 0.25) is 10.0 Å². The first kappa shape index (κ1) is 15.4. The lowest BCUT2D eigenvalue weighted by atomic mass is 10.2. The normalized spacial score (nSPS) is 10.0. The third-order valence-electron chi connectivity index (χ3n) is 2.62. The molecule has 0 unspecified atom stereocenters. The molecule has 0 saturated carbocycles. The Morgan fingerprint density at radius 1 is 1.29 bits per heavy atom. The molecule has 108 valence electrons. The summed E-state index contributed by atoms with van der Waals surface area (Å²) in [6.07, 6.45) is 0.945. The second kappa shape index (κ2) is 7.16. The third kappa shape index (κ3) is 4.01. The van der Waals surface area contributed by atoms with E-state index in [4.69, 9.17) is 33.2 Å². The van der Waals surface area contributed by atoms with Crippen LogP contribution in [0, 0.1) is 11.3 Å². The van der Waals surface area contributed by atoms with E-state index in [0.717, 1.165) is 13.0 Å². The SMILES string of the molecule is CCCNc1nc(Oc2cccc(C#N)c2)c(Cl)cc1Cl. The van der Waals surface area contributed by atoms with Crippen molar-refractivity contribution in [1.29, 1.82) is 5.26 Å². The van der Waals surface area contributed by atoms with Gasteiger partial charge in [0.1, 0.15) is 16.6 Å². The lowest BCUT2D eigenvalue weighted by molar-refractivity contribution is 0.464. The summed E-state index contributed by atoms with van der Waals surface area (Å²) in [5.74, 6) is 1.26. The predicted octanol–water partition coefficient (Wildman–Crippen LogP) is 4.87. The van der Waals surface area contributed by atoms with Crippen molar-refractivity contribution in [1.82, 2.24) is 4.98 Å². The molecule has 2 rings (SSSR count). The number of anilines is 1. The third-order valence-corrected chi connectivity index (χ3v) is 3.18. The summed E-state index contributed by atoms with van der Waals surface area (Å²) >= 11 is 12.2. The number of benzene rings is 1. The molecule has 0 amide bonds. The number of pyridine rings is 1. The summed E-state index contributed by atoms with van der Waals surface area (Å²) in [5.41, 5.74) is 0.502. The number of aromatic nitrogens is 1. The van der Waals surface area contributed by atoms with Gasteiger partial charge in [0.2, 0.25) is 5.88 Å². The molecule has 0 saturated heterocycles. The van der Waals surface area contributed by atoms with Crippen LogP contribution in [0.5, 0.6) is 11.6 Å². The summed E-state index contributed by atoms with van der Waals surface area (Å²) in [4.78, 5) is 4.28. The smallest absolute Gasteiger partial charge is 0.240 e. The van der Waals surface area contributed by atoms with Crippen molar-refractivity contribution in [3.05, 3.63) is 45.9 Å². The van der Waals surface area contributed by atoms with Crippen molar-refractivity contribution < 1.29 is 4.74 Å². The fraction of sp³-hybridized carbons (Fsp3) is 0.200. The highest BCUT2D eigenvalue weighted by molar-refractivity contribution is 6.36. The molecule has 0 aliphatic rings. The minimum absolute atomic E-state index is 0.245. The van der Waals surface area contributed by atoms with Crippen molar-refractivity contribution in [3.63, 3.8) is 0 Å². The van der Waals surface area contributed by atoms with E-state index in [1.54, 1.807) is 30.3 Å². The molecule has 6 heteroatoms. The molecule has 0 fully saturated rings. The molecule has 0 aliphatic heterocycles. The molecule has 0 bridgehead atoms. The molecule has 1 heterocycles. The Hall–Kier alpha value is -1.96. The van der Waals surface area contributed by atoms with Crippen LogP contribution in [0.15, 0.2) is 30.3 Å². The van der Waals surface area contributed by atoms with E-state index in [-0.39, 0.29) is 5.88 Å². The molecule has 4 nitrogen and oxygen atoms in total. The van der Waals surface area contributed by atoms with Gasteiger partial charge < -0.3 is 10.1 Å². The van der Waals surface area contributed by atoms with Gasteiger partial charge in [0.05, 0.1) is 16.7 Å². The van der Waals surface area contributed by atoms with Crippen LogP contribution in [-0.2, 0) is 0 Å². The van der Waals surface area contributed by atoms with E-state index in [1.165, 1.54) is 0 Å². The maximum atomic E-state index is 8.89. The van der Waals surface area contributed by atoms with Crippen molar-refractivity contribution in [2.24, 2.45) is 0 Å². The van der Waals surface area contributed by atoms with Crippen molar-refractivity contribution in [2.75, 3.05) is 11.9 Å². The molecule has 1 N–H and O–H groups in total. The van der Waals surface area contributed by atoms with Gasteiger partial charge in [-0.05, 0) is 30.7 Å². The zero-order chi connectivity index (χ0) is 15.2. The van der Waals surface area contributed by atoms with Crippen LogP contribution >= 0.6 is 23.2 Å². The molecule has 0 aliphatic carbocycles. The zero-order valence-corrected chi connectivity index (χ0v) is 12.9. The lowest BCUT2D eigenvalue weighted by Crippen LogP contribution is -2.03. The van der Waals surface area contributed by atoms with Gasteiger partial charge in [-0.3, -0.25) is 0 Å². The molecule has 1 aromatic carbocycles. The van der Waals surface area contributed by atoms with Crippen molar-refractivity contribution >= 4 is 29.0 Å². The number of nitrogens with zero attached hydrogens (tertiary/aromatic N) is 2. The number of hydrogen-bond acceptors (Lipinski definition) is 4. The zero-order valence-electron chi connectivity index (χ0n) is 11.4. The van der Waals surface area contributed by atoms with Crippen LogP contribution in [0.3, 0.4) is 0 Å². The van der Waals surface area contributed by atoms with Crippen LogP contribution < -0.4 is 10.1 Å². The Morgan fingerprint density at radius 3 is 2.81 bits per heavy atom. The number of nitrogens with one attached hydrogen (secondary N) is 1. The highest BCUT2D eigenvalue weighted by Crippen LogP contribution is 2.33. The number of rotatable bonds is 5. The number of halogens is 2. The first-order valence-electron chi connectivity index (χ1n) is 6.42. The van der Waals surface area contributed by atoms with Gasteiger partial charge in [0.25, 0.3) is 0 Å². The predicted molar refractivity (Wildman–Crippen MR) is 84.3 cm³/mol. The van der Waals surface area contributed by atoms with E-state index >= 15 is 0 Å². The molecule has 2 aromatic rings. The monoisotopic (exact) mass is 321 g/mol. The summed E-state index contributed by atoms with van der Waals surface area (Å²) in [5, 5.41) is 12.7. The first-order chi connectivity index (χ1) is 10.1. The summed E-state index contributed by atoms with van der Waals surface area (Å²) < 4.78 is 5.63. The molecular formula is C15H13Cl2N3O. The van der Waals surface area contributed by atoms with Gasteiger partial charge in [-0.25, -0.2) is 0 Å². The minimum atomic E-state index is 0.245. The first-order valence-corrected chi connectivity index (χ1v) is 7.17. The van der Waals surface area contributed by atoms with Crippen molar-refractivity contribution in [3.8, 4) is 17.7 Å². The second-order valence-electron chi connectivity index (χ2n) is 4.27. The average molecular weight is 322 g/mol. The molecule has 21 heavy (non-hydrogen) atoms. The fourth-order valence-electron chi connectivity index (χ4n) is 1.63. The topological polar surface area (TPSA) is 57.9 Å².